The van der Waals surface area contributed by atoms with Gasteiger partial charge in [-0.2, -0.15) is 5.10 Å². The Morgan fingerprint density at radius 3 is 2.55 bits per heavy atom. The van der Waals surface area contributed by atoms with Gasteiger partial charge in [-0.1, -0.05) is 6.07 Å². The molecule has 0 amide bonds. The number of fused-ring (bicyclic) bond motifs is 1. The molecule has 0 aliphatic carbocycles. The third-order valence-electron chi connectivity index (χ3n) is 3.27. The van der Waals surface area contributed by atoms with Gasteiger partial charge in [-0.15, -0.1) is 0 Å². The maximum absolute atomic E-state index is 13.1. The van der Waals surface area contributed by atoms with E-state index in [0.717, 1.165) is 0 Å². The molecular weight excluding hydrogens is 287 g/mol. The first-order valence-electron chi connectivity index (χ1n) is 6.47. The molecule has 22 heavy (non-hydrogen) atoms. The summed E-state index contributed by atoms with van der Waals surface area (Å²) in [5.74, 6) is 0.0431. The van der Waals surface area contributed by atoms with Crippen molar-refractivity contribution in [2.75, 3.05) is 12.5 Å². The lowest BCUT2D eigenvalue weighted by Crippen LogP contribution is -2.32. The normalized spacial score (nSPS) is 11.8. The number of ether oxygens (including phenoxy) is 1. The molecule has 0 heterocycles. The van der Waals surface area contributed by atoms with Crippen LogP contribution in [0.15, 0.2) is 57.2 Å². The summed E-state index contributed by atoms with van der Waals surface area (Å²) in [7, 11) is 1.48. The minimum Gasteiger partial charge on any atom is -0.497 e. The van der Waals surface area contributed by atoms with Gasteiger partial charge in [0.2, 0.25) is 10.9 Å². The number of nitrogens with one attached hydrogen (secondary N) is 1. The average Bonchev–Trinajstić information content (AvgIpc) is 2.76. The van der Waals surface area contributed by atoms with E-state index in [1.165, 1.54) is 37.4 Å². The van der Waals surface area contributed by atoms with Crippen molar-refractivity contribution >= 4 is 16.5 Å². The van der Waals surface area contributed by atoms with Crippen LogP contribution in [0.5, 0.6) is 5.75 Å². The van der Waals surface area contributed by atoms with Crippen LogP contribution in [0.25, 0.3) is 10.8 Å². The van der Waals surface area contributed by atoms with Crippen molar-refractivity contribution in [3.8, 4) is 5.75 Å². The Bertz CT molecular complexity index is 1000. The van der Waals surface area contributed by atoms with E-state index in [1.54, 1.807) is 12.1 Å². The molecule has 5 nitrogen and oxygen atoms in total. The molecule has 0 spiro atoms. The standard InChI is InChI=1S/C16H11FN2O3/c1-22-11-5-6-12-13(8-11)16(21)14(15(12)20)19-18-10-4-2-3-9(17)7-10/h2-8,18H,1H3. The van der Waals surface area contributed by atoms with Gasteiger partial charge in [-0.3, -0.25) is 15.0 Å². The van der Waals surface area contributed by atoms with Crippen molar-refractivity contribution < 1.29 is 9.13 Å². The molecule has 0 atom stereocenters. The largest absolute Gasteiger partial charge is 0.497 e. The lowest BCUT2D eigenvalue weighted by Gasteiger charge is -1.97. The number of methoxy groups -OCH3 is 1. The van der Waals surface area contributed by atoms with E-state index >= 15 is 0 Å². The van der Waals surface area contributed by atoms with E-state index in [0.29, 0.717) is 11.4 Å². The number of hydrogen-bond acceptors (Lipinski definition) is 5. The topological polar surface area (TPSA) is 67.8 Å². The molecule has 0 radical (unpaired) electrons. The Morgan fingerprint density at radius 2 is 1.82 bits per heavy atom. The van der Waals surface area contributed by atoms with Crippen molar-refractivity contribution in [3.63, 3.8) is 0 Å². The molecule has 3 rings (SSSR count). The number of halogens is 1. The van der Waals surface area contributed by atoms with Gasteiger partial charge in [-0.05, 0) is 36.4 Å². The summed E-state index contributed by atoms with van der Waals surface area (Å²) in [5.41, 5.74) is 1.93. The van der Waals surface area contributed by atoms with Crippen LogP contribution in [0.2, 0.25) is 0 Å². The fourth-order valence-corrected chi connectivity index (χ4v) is 2.17. The van der Waals surface area contributed by atoms with Gasteiger partial charge in [0.05, 0.1) is 12.8 Å². The Balaban J connectivity index is 2.13. The molecule has 0 aliphatic heterocycles. The monoisotopic (exact) mass is 298 g/mol. The van der Waals surface area contributed by atoms with Gasteiger partial charge >= 0.3 is 0 Å². The van der Waals surface area contributed by atoms with Crippen molar-refractivity contribution in [1.29, 1.82) is 0 Å². The molecule has 0 saturated carbocycles. The highest BCUT2D eigenvalue weighted by molar-refractivity contribution is 5.84. The lowest BCUT2D eigenvalue weighted by molar-refractivity contribution is 0.415. The number of hydrogen-bond donors (Lipinski definition) is 1. The zero-order valence-electron chi connectivity index (χ0n) is 11.6. The van der Waals surface area contributed by atoms with Gasteiger partial charge < -0.3 is 4.74 Å². The Kier molecular flexibility index (Phi) is 3.42. The molecule has 110 valence electrons. The van der Waals surface area contributed by atoms with Crippen LogP contribution in [0.3, 0.4) is 0 Å². The molecule has 0 aliphatic rings. The minimum atomic E-state index is -0.484. The second-order valence-corrected chi connectivity index (χ2v) is 4.65. The summed E-state index contributed by atoms with van der Waals surface area (Å²) < 4.78 is 18.1. The molecule has 3 aromatic carbocycles. The van der Waals surface area contributed by atoms with E-state index in [4.69, 9.17) is 4.74 Å². The van der Waals surface area contributed by atoms with Gasteiger partial charge in [0.15, 0.2) is 5.36 Å². The third kappa shape index (κ3) is 2.35. The molecule has 0 fully saturated rings. The predicted octanol–water partition coefficient (Wildman–Crippen LogP) is 1.51. The summed E-state index contributed by atoms with van der Waals surface area (Å²) >= 11 is 0. The van der Waals surface area contributed by atoms with Crippen molar-refractivity contribution in [3.05, 3.63) is 74.1 Å². The van der Waals surface area contributed by atoms with Crippen LogP contribution in [0.4, 0.5) is 10.1 Å². The summed E-state index contributed by atoms with van der Waals surface area (Å²) in [5, 5.41) is 4.13. The van der Waals surface area contributed by atoms with Crippen molar-refractivity contribution in [2.24, 2.45) is 5.10 Å². The maximum atomic E-state index is 13.1. The van der Waals surface area contributed by atoms with Crippen molar-refractivity contribution in [2.45, 2.75) is 0 Å². The van der Waals surface area contributed by atoms with Crippen LogP contribution in [0.1, 0.15) is 0 Å². The molecule has 3 aromatic rings. The van der Waals surface area contributed by atoms with E-state index in [9.17, 15) is 14.0 Å². The number of rotatable bonds is 3. The van der Waals surface area contributed by atoms with E-state index < -0.39 is 16.7 Å². The molecule has 0 saturated heterocycles. The number of benzene rings is 2. The molecular formula is C16H11FN2O3. The SMILES string of the molecule is COc1ccc2c(=O)c(=NNc3cccc(F)c3)c(=O)c2c1. The smallest absolute Gasteiger partial charge is 0.218 e. The third-order valence-corrected chi connectivity index (χ3v) is 3.27. The van der Waals surface area contributed by atoms with Gasteiger partial charge in [0, 0.05) is 10.8 Å². The average molecular weight is 298 g/mol. The summed E-state index contributed by atoms with van der Waals surface area (Å²) in [4.78, 5) is 24.4. The van der Waals surface area contributed by atoms with E-state index in [-0.39, 0.29) is 16.1 Å². The first-order valence-corrected chi connectivity index (χ1v) is 6.47. The molecule has 0 bridgehead atoms. The lowest BCUT2D eigenvalue weighted by atomic mass is 10.2. The van der Waals surface area contributed by atoms with E-state index in [1.807, 2.05) is 0 Å². The Morgan fingerprint density at radius 1 is 1.05 bits per heavy atom. The Labute approximate surface area is 124 Å². The fourth-order valence-electron chi connectivity index (χ4n) is 2.17. The van der Waals surface area contributed by atoms with Crippen LogP contribution >= 0.6 is 0 Å². The summed E-state index contributed by atoms with van der Waals surface area (Å²) in [6, 6.07) is 10.2. The second kappa shape index (κ2) is 5.40. The van der Waals surface area contributed by atoms with Crippen LogP contribution < -0.4 is 26.4 Å². The van der Waals surface area contributed by atoms with Crippen LogP contribution in [-0.4, -0.2) is 7.11 Å². The van der Waals surface area contributed by atoms with E-state index in [2.05, 4.69) is 10.5 Å². The highest BCUT2D eigenvalue weighted by Gasteiger charge is 2.11. The molecule has 1 N–H and O–H groups in total. The van der Waals surface area contributed by atoms with Gasteiger partial charge in [0.1, 0.15) is 11.6 Å². The van der Waals surface area contributed by atoms with Crippen molar-refractivity contribution in [1.82, 2.24) is 0 Å². The highest BCUT2D eigenvalue weighted by atomic mass is 19.1. The first-order chi connectivity index (χ1) is 10.6. The molecule has 0 unspecified atom stereocenters. The number of anilines is 1. The predicted molar refractivity (Wildman–Crippen MR) is 81.0 cm³/mol. The first kappa shape index (κ1) is 13.9. The summed E-state index contributed by atoms with van der Waals surface area (Å²) in [6.07, 6.45) is 0. The maximum Gasteiger partial charge on any atom is 0.218 e. The zero-order chi connectivity index (χ0) is 15.7. The van der Waals surface area contributed by atoms with Gasteiger partial charge in [-0.25, -0.2) is 4.39 Å². The molecule has 0 aromatic heterocycles. The fraction of sp³-hybridized carbons (Fsp3) is 0.0625. The highest BCUT2D eigenvalue weighted by Crippen LogP contribution is 2.14. The zero-order valence-corrected chi connectivity index (χ0v) is 11.6. The van der Waals surface area contributed by atoms with Crippen LogP contribution in [-0.2, 0) is 0 Å². The van der Waals surface area contributed by atoms with Crippen LogP contribution in [0, 0.1) is 5.82 Å². The number of nitrogens with zero attached hydrogens (tertiary/aromatic N) is 1. The second-order valence-electron chi connectivity index (χ2n) is 4.65. The Hall–Kier alpha value is -3.02. The summed E-state index contributed by atoms with van der Waals surface area (Å²) in [6.45, 7) is 0. The van der Waals surface area contributed by atoms with Gasteiger partial charge in [0.25, 0.3) is 0 Å². The quantitative estimate of drug-likeness (QED) is 0.744. The molecule has 6 heteroatoms. The minimum absolute atomic E-state index is 0.229.